The summed E-state index contributed by atoms with van der Waals surface area (Å²) in [6.45, 7) is 0.867. The second-order valence-electron chi connectivity index (χ2n) is 5.55. The van der Waals surface area contributed by atoms with Crippen LogP contribution in [-0.4, -0.2) is 26.2 Å². The van der Waals surface area contributed by atoms with E-state index in [4.69, 9.17) is 9.47 Å². The standard InChI is InChI=1S/C18H16N2O4S/c21-25(22,16-6-7-17-18(13-16)24-11-10-23-17)19-14-4-3-5-15(12-14)20-8-1-2-9-20/h1-9,12-13,19H,10-11H2. The van der Waals surface area contributed by atoms with E-state index in [9.17, 15) is 8.42 Å². The fourth-order valence-corrected chi connectivity index (χ4v) is 3.71. The molecular formula is C18H16N2O4S. The lowest BCUT2D eigenvalue weighted by atomic mass is 10.3. The molecule has 0 atom stereocenters. The van der Waals surface area contributed by atoms with Crippen molar-refractivity contribution in [2.75, 3.05) is 17.9 Å². The molecule has 6 nitrogen and oxygen atoms in total. The van der Waals surface area contributed by atoms with Gasteiger partial charge < -0.3 is 14.0 Å². The maximum Gasteiger partial charge on any atom is 0.262 e. The Morgan fingerprint density at radius 3 is 2.44 bits per heavy atom. The minimum Gasteiger partial charge on any atom is -0.486 e. The van der Waals surface area contributed by atoms with Gasteiger partial charge in [-0.3, -0.25) is 4.72 Å². The van der Waals surface area contributed by atoms with E-state index in [0.717, 1.165) is 5.69 Å². The molecule has 2 heterocycles. The van der Waals surface area contributed by atoms with E-state index < -0.39 is 10.0 Å². The summed E-state index contributed by atoms with van der Waals surface area (Å²) < 4.78 is 40.7. The van der Waals surface area contributed by atoms with Crippen molar-refractivity contribution in [3.63, 3.8) is 0 Å². The predicted molar refractivity (Wildman–Crippen MR) is 94.0 cm³/mol. The molecule has 2 aromatic carbocycles. The van der Waals surface area contributed by atoms with E-state index >= 15 is 0 Å². The fraction of sp³-hybridized carbons (Fsp3) is 0.111. The number of nitrogens with zero attached hydrogens (tertiary/aromatic N) is 1. The largest absolute Gasteiger partial charge is 0.486 e. The number of benzene rings is 2. The highest BCUT2D eigenvalue weighted by Gasteiger charge is 2.19. The Morgan fingerprint density at radius 1 is 0.880 bits per heavy atom. The van der Waals surface area contributed by atoms with Crippen LogP contribution in [0.5, 0.6) is 11.5 Å². The molecule has 25 heavy (non-hydrogen) atoms. The van der Waals surface area contributed by atoms with Gasteiger partial charge in [-0.2, -0.15) is 0 Å². The highest BCUT2D eigenvalue weighted by molar-refractivity contribution is 7.92. The van der Waals surface area contributed by atoms with Crippen LogP contribution in [0.25, 0.3) is 5.69 Å². The Bertz CT molecular complexity index is 998. The SMILES string of the molecule is O=S(=O)(Nc1cccc(-n2cccc2)c1)c1ccc2c(c1)OCCO2. The van der Waals surface area contributed by atoms with Crippen LogP contribution in [-0.2, 0) is 10.0 Å². The summed E-state index contributed by atoms with van der Waals surface area (Å²) in [6.07, 6.45) is 3.79. The molecule has 4 rings (SSSR count). The first kappa shape index (κ1) is 15.6. The van der Waals surface area contributed by atoms with Crippen LogP contribution in [0.1, 0.15) is 0 Å². The highest BCUT2D eigenvalue weighted by Crippen LogP contribution is 2.32. The van der Waals surface area contributed by atoms with E-state index in [1.165, 1.54) is 12.1 Å². The number of fused-ring (bicyclic) bond motifs is 1. The molecule has 1 aliphatic heterocycles. The molecule has 0 saturated carbocycles. The molecule has 1 N–H and O–H groups in total. The molecule has 0 amide bonds. The zero-order chi connectivity index (χ0) is 17.3. The monoisotopic (exact) mass is 356 g/mol. The Hall–Kier alpha value is -2.93. The van der Waals surface area contributed by atoms with Gasteiger partial charge in [0.05, 0.1) is 10.6 Å². The maximum absolute atomic E-state index is 12.7. The van der Waals surface area contributed by atoms with Crippen molar-refractivity contribution in [2.24, 2.45) is 0 Å². The minimum absolute atomic E-state index is 0.128. The summed E-state index contributed by atoms with van der Waals surface area (Å²) in [4.78, 5) is 0.128. The van der Waals surface area contributed by atoms with Gasteiger partial charge in [0.2, 0.25) is 0 Å². The third-order valence-electron chi connectivity index (χ3n) is 3.82. The molecule has 0 radical (unpaired) electrons. The van der Waals surface area contributed by atoms with Gasteiger partial charge in [0.25, 0.3) is 10.0 Å². The zero-order valence-corrected chi connectivity index (χ0v) is 14.1. The Labute approximate surface area is 145 Å². The smallest absolute Gasteiger partial charge is 0.262 e. The van der Waals surface area contributed by atoms with E-state index in [2.05, 4.69) is 4.72 Å². The first-order valence-corrected chi connectivity index (χ1v) is 9.26. The number of hydrogen-bond acceptors (Lipinski definition) is 4. The Balaban J connectivity index is 1.62. The zero-order valence-electron chi connectivity index (χ0n) is 13.3. The van der Waals surface area contributed by atoms with Gasteiger partial charge in [0.1, 0.15) is 13.2 Å². The summed E-state index contributed by atoms with van der Waals surface area (Å²) in [6, 6.07) is 15.6. The molecule has 0 spiro atoms. The number of anilines is 1. The van der Waals surface area contributed by atoms with Gasteiger partial charge in [-0.1, -0.05) is 6.07 Å². The summed E-state index contributed by atoms with van der Waals surface area (Å²) in [5.74, 6) is 0.995. The highest BCUT2D eigenvalue weighted by atomic mass is 32.2. The van der Waals surface area contributed by atoms with Crippen molar-refractivity contribution >= 4 is 15.7 Å². The van der Waals surface area contributed by atoms with Gasteiger partial charge in [-0.15, -0.1) is 0 Å². The van der Waals surface area contributed by atoms with Crippen molar-refractivity contribution in [3.8, 4) is 17.2 Å². The first-order valence-electron chi connectivity index (χ1n) is 7.78. The number of nitrogens with one attached hydrogen (secondary N) is 1. The second kappa shape index (κ2) is 6.18. The van der Waals surface area contributed by atoms with Gasteiger partial charge in [-0.05, 0) is 42.5 Å². The van der Waals surface area contributed by atoms with Crippen LogP contribution in [0.2, 0.25) is 0 Å². The van der Waals surface area contributed by atoms with Crippen molar-refractivity contribution in [1.82, 2.24) is 4.57 Å². The van der Waals surface area contributed by atoms with E-state index in [-0.39, 0.29) is 4.90 Å². The van der Waals surface area contributed by atoms with Crippen LogP contribution in [0.4, 0.5) is 5.69 Å². The number of rotatable bonds is 4. The predicted octanol–water partition coefficient (Wildman–Crippen LogP) is 3.05. The number of sulfonamides is 1. The normalized spacial score (nSPS) is 13.4. The van der Waals surface area contributed by atoms with Crippen LogP contribution < -0.4 is 14.2 Å². The molecule has 0 bridgehead atoms. The van der Waals surface area contributed by atoms with E-state index in [1.807, 2.05) is 35.2 Å². The number of hydrogen-bond donors (Lipinski definition) is 1. The van der Waals surface area contributed by atoms with Crippen LogP contribution in [0.3, 0.4) is 0 Å². The number of aromatic nitrogens is 1. The van der Waals surface area contributed by atoms with Crippen molar-refractivity contribution in [3.05, 3.63) is 67.0 Å². The maximum atomic E-state index is 12.7. The molecule has 0 saturated heterocycles. The summed E-state index contributed by atoms with van der Waals surface area (Å²) in [7, 11) is -3.73. The molecule has 0 unspecified atom stereocenters. The molecule has 0 aliphatic carbocycles. The quantitative estimate of drug-likeness (QED) is 0.780. The second-order valence-corrected chi connectivity index (χ2v) is 7.23. The lowest BCUT2D eigenvalue weighted by Gasteiger charge is -2.19. The third kappa shape index (κ3) is 3.18. The topological polar surface area (TPSA) is 69.6 Å². The molecule has 1 aromatic heterocycles. The van der Waals surface area contributed by atoms with Gasteiger partial charge in [0, 0.05) is 24.1 Å². The minimum atomic E-state index is -3.73. The third-order valence-corrected chi connectivity index (χ3v) is 5.20. The van der Waals surface area contributed by atoms with E-state index in [1.54, 1.807) is 24.3 Å². The summed E-state index contributed by atoms with van der Waals surface area (Å²) >= 11 is 0. The van der Waals surface area contributed by atoms with Crippen molar-refractivity contribution in [2.45, 2.75) is 4.90 Å². The summed E-state index contributed by atoms with van der Waals surface area (Å²) in [5.41, 5.74) is 1.36. The molecular weight excluding hydrogens is 340 g/mol. The Morgan fingerprint density at radius 2 is 1.64 bits per heavy atom. The van der Waals surface area contributed by atoms with Crippen LogP contribution in [0.15, 0.2) is 71.9 Å². The van der Waals surface area contributed by atoms with E-state index in [0.29, 0.717) is 30.4 Å². The molecule has 7 heteroatoms. The summed E-state index contributed by atoms with van der Waals surface area (Å²) in [5, 5.41) is 0. The van der Waals surface area contributed by atoms with Gasteiger partial charge >= 0.3 is 0 Å². The molecule has 128 valence electrons. The van der Waals surface area contributed by atoms with Gasteiger partial charge in [-0.25, -0.2) is 8.42 Å². The lowest BCUT2D eigenvalue weighted by molar-refractivity contribution is 0.171. The molecule has 1 aliphatic rings. The number of ether oxygens (including phenoxy) is 2. The van der Waals surface area contributed by atoms with Crippen molar-refractivity contribution < 1.29 is 17.9 Å². The first-order chi connectivity index (χ1) is 12.1. The average molecular weight is 356 g/mol. The van der Waals surface area contributed by atoms with Gasteiger partial charge in [0.15, 0.2) is 11.5 Å². The van der Waals surface area contributed by atoms with Crippen LogP contribution in [0, 0.1) is 0 Å². The van der Waals surface area contributed by atoms with Crippen molar-refractivity contribution in [1.29, 1.82) is 0 Å². The van der Waals surface area contributed by atoms with Crippen LogP contribution >= 0.6 is 0 Å². The molecule has 3 aromatic rings. The fourth-order valence-electron chi connectivity index (χ4n) is 2.64. The lowest BCUT2D eigenvalue weighted by Crippen LogP contribution is -2.17. The Kier molecular flexibility index (Phi) is 3.85. The molecule has 0 fully saturated rings. The average Bonchev–Trinajstić information content (AvgIpc) is 3.16.